The second-order valence-electron chi connectivity index (χ2n) is 4.34. The smallest absolute Gasteiger partial charge is 0.117 e. The van der Waals surface area contributed by atoms with E-state index >= 15 is 0 Å². The zero-order chi connectivity index (χ0) is 11.1. The number of ether oxygens (including phenoxy) is 1. The van der Waals surface area contributed by atoms with Crippen LogP contribution in [0.4, 0.5) is 0 Å². The summed E-state index contributed by atoms with van der Waals surface area (Å²) >= 11 is 0. The molecule has 1 atom stereocenters. The highest BCUT2D eigenvalue weighted by atomic mass is 16.5. The molecule has 1 N–H and O–H groups in total. The maximum Gasteiger partial charge on any atom is 0.117 e. The first-order chi connectivity index (χ1) is 7.22. The molecule has 1 aliphatic heterocycles. The lowest BCUT2D eigenvalue weighted by molar-refractivity contribution is 0.164. The molecule has 1 heterocycles. The van der Waals surface area contributed by atoms with Crippen LogP contribution in [0.3, 0.4) is 0 Å². The predicted molar refractivity (Wildman–Crippen MR) is 64.8 cm³/mol. The fourth-order valence-electron chi connectivity index (χ4n) is 1.58. The molecule has 0 bridgehead atoms. The fourth-order valence-corrected chi connectivity index (χ4v) is 1.58. The van der Waals surface area contributed by atoms with E-state index in [1.165, 1.54) is 5.57 Å². The topological polar surface area (TPSA) is 21.3 Å². The molecular formula is C13H23NO. The van der Waals surface area contributed by atoms with Crippen molar-refractivity contribution < 1.29 is 4.74 Å². The molecule has 1 unspecified atom stereocenters. The third-order valence-electron chi connectivity index (χ3n) is 2.58. The zero-order valence-corrected chi connectivity index (χ0v) is 10.1. The van der Waals surface area contributed by atoms with Crippen LogP contribution in [0.15, 0.2) is 24.0 Å². The third-order valence-corrected chi connectivity index (χ3v) is 2.58. The van der Waals surface area contributed by atoms with Crippen LogP contribution < -0.4 is 5.32 Å². The Morgan fingerprint density at radius 2 is 2.40 bits per heavy atom. The summed E-state index contributed by atoms with van der Waals surface area (Å²) in [5.74, 6) is 0. The Hall–Kier alpha value is -0.760. The highest BCUT2D eigenvalue weighted by molar-refractivity contribution is 5.08. The molecule has 0 spiro atoms. The van der Waals surface area contributed by atoms with Crippen LogP contribution in [-0.4, -0.2) is 18.7 Å². The molecule has 0 aliphatic carbocycles. The van der Waals surface area contributed by atoms with Crippen LogP contribution in [0, 0.1) is 0 Å². The van der Waals surface area contributed by atoms with E-state index in [1.54, 1.807) is 0 Å². The Balaban J connectivity index is 2.41. The van der Waals surface area contributed by atoms with Crippen LogP contribution >= 0.6 is 0 Å². The van der Waals surface area contributed by atoms with Crippen molar-refractivity contribution in [2.45, 2.75) is 52.2 Å². The Morgan fingerprint density at radius 3 is 2.93 bits per heavy atom. The molecule has 1 aliphatic rings. The monoisotopic (exact) mass is 209 g/mol. The summed E-state index contributed by atoms with van der Waals surface area (Å²) in [7, 11) is 0. The molecule has 0 fully saturated rings. The van der Waals surface area contributed by atoms with Crippen molar-refractivity contribution >= 4 is 0 Å². The quantitative estimate of drug-likeness (QED) is 0.703. The van der Waals surface area contributed by atoms with Gasteiger partial charge in [0, 0.05) is 12.6 Å². The van der Waals surface area contributed by atoms with Gasteiger partial charge < -0.3 is 10.1 Å². The van der Waals surface area contributed by atoms with Gasteiger partial charge in [-0.1, -0.05) is 26.3 Å². The lowest BCUT2D eigenvalue weighted by atomic mass is 10.1. The van der Waals surface area contributed by atoms with E-state index in [1.807, 2.05) is 6.26 Å². The molecule has 2 nitrogen and oxygen atoms in total. The number of hydrogen-bond acceptors (Lipinski definition) is 2. The first-order valence-electron chi connectivity index (χ1n) is 5.95. The van der Waals surface area contributed by atoms with E-state index in [2.05, 4.69) is 38.2 Å². The standard InChI is InChI=1S/C13H23NO/c1-4-12(10-14-11(2)3)9-13-7-5-6-8-15-13/h6,8-9,11,13-14H,4-5,7,10H2,1-3H3/b12-9+. The van der Waals surface area contributed by atoms with Crippen LogP contribution in [0.2, 0.25) is 0 Å². The van der Waals surface area contributed by atoms with Gasteiger partial charge in [0.25, 0.3) is 0 Å². The molecule has 0 aromatic carbocycles. The van der Waals surface area contributed by atoms with Crippen molar-refractivity contribution in [1.82, 2.24) is 5.32 Å². The zero-order valence-electron chi connectivity index (χ0n) is 10.1. The molecule has 0 radical (unpaired) electrons. The van der Waals surface area contributed by atoms with Crippen LogP contribution in [-0.2, 0) is 4.74 Å². The van der Waals surface area contributed by atoms with E-state index in [-0.39, 0.29) is 0 Å². The van der Waals surface area contributed by atoms with Gasteiger partial charge in [-0.25, -0.2) is 0 Å². The maximum atomic E-state index is 5.53. The van der Waals surface area contributed by atoms with Crippen molar-refractivity contribution in [3.05, 3.63) is 24.0 Å². The van der Waals surface area contributed by atoms with Gasteiger partial charge in [0.15, 0.2) is 0 Å². The molecule has 0 aromatic rings. The second kappa shape index (κ2) is 6.67. The number of nitrogens with one attached hydrogen (secondary N) is 1. The van der Waals surface area contributed by atoms with E-state index < -0.39 is 0 Å². The van der Waals surface area contributed by atoms with Gasteiger partial charge >= 0.3 is 0 Å². The molecule has 0 saturated carbocycles. The van der Waals surface area contributed by atoms with E-state index in [0.717, 1.165) is 25.8 Å². The molecule has 0 saturated heterocycles. The fraction of sp³-hybridized carbons (Fsp3) is 0.692. The lowest BCUT2D eigenvalue weighted by Crippen LogP contribution is -2.25. The summed E-state index contributed by atoms with van der Waals surface area (Å²) in [5.41, 5.74) is 1.45. The van der Waals surface area contributed by atoms with Crippen molar-refractivity contribution in [3.8, 4) is 0 Å². The maximum absolute atomic E-state index is 5.53. The van der Waals surface area contributed by atoms with Gasteiger partial charge in [-0.2, -0.15) is 0 Å². The van der Waals surface area contributed by atoms with Gasteiger partial charge in [-0.3, -0.25) is 0 Å². The lowest BCUT2D eigenvalue weighted by Gasteiger charge is -2.18. The Labute approximate surface area is 93.4 Å². The van der Waals surface area contributed by atoms with Gasteiger partial charge in [-0.15, -0.1) is 0 Å². The van der Waals surface area contributed by atoms with Gasteiger partial charge in [0.2, 0.25) is 0 Å². The SMILES string of the molecule is CC/C(=C\C1CCC=CO1)CNC(C)C. The van der Waals surface area contributed by atoms with Crippen LogP contribution in [0.25, 0.3) is 0 Å². The van der Waals surface area contributed by atoms with E-state index in [4.69, 9.17) is 4.74 Å². The first-order valence-corrected chi connectivity index (χ1v) is 5.95. The molecule has 2 heteroatoms. The molecule has 0 aromatic heterocycles. The summed E-state index contributed by atoms with van der Waals surface area (Å²) < 4.78 is 5.53. The number of rotatable bonds is 5. The number of allylic oxidation sites excluding steroid dienone is 1. The summed E-state index contributed by atoms with van der Waals surface area (Å²) in [4.78, 5) is 0. The highest BCUT2D eigenvalue weighted by Gasteiger charge is 2.08. The van der Waals surface area contributed by atoms with Gasteiger partial charge in [0.05, 0.1) is 6.26 Å². The van der Waals surface area contributed by atoms with Crippen molar-refractivity contribution in [3.63, 3.8) is 0 Å². The van der Waals surface area contributed by atoms with Crippen LogP contribution in [0.1, 0.15) is 40.0 Å². The normalized spacial score (nSPS) is 21.9. The minimum Gasteiger partial charge on any atom is -0.494 e. The van der Waals surface area contributed by atoms with Gasteiger partial charge in [0.1, 0.15) is 6.10 Å². The van der Waals surface area contributed by atoms with Crippen molar-refractivity contribution in [1.29, 1.82) is 0 Å². The Morgan fingerprint density at radius 1 is 1.60 bits per heavy atom. The predicted octanol–water partition coefficient (Wildman–Crippen LogP) is 3.01. The molecule has 1 rings (SSSR count). The van der Waals surface area contributed by atoms with Gasteiger partial charge in [-0.05, 0) is 31.4 Å². The molecule has 0 amide bonds. The molecular weight excluding hydrogens is 186 g/mol. The van der Waals surface area contributed by atoms with Crippen molar-refractivity contribution in [2.24, 2.45) is 0 Å². The average Bonchev–Trinajstić information content (AvgIpc) is 2.25. The largest absolute Gasteiger partial charge is 0.494 e. The Bertz CT molecular complexity index is 231. The number of hydrogen-bond donors (Lipinski definition) is 1. The summed E-state index contributed by atoms with van der Waals surface area (Å²) in [5, 5.41) is 3.44. The van der Waals surface area contributed by atoms with Crippen molar-refractivity contribution in [2.75, 3.05) is 6.54 Å². The summed E-state index contributed by atoms with van der Waals surface area (Å²) in [6, 6.07) is 0.548. The van der Waals surface area contributed by atoms with Crippen LogP contribution in [0.5, 0.6) is 0 Å². The average molecular weight is 209 g/mol. The minimum atomic E-state index is 0.291. The van der Waals surface area contributed by atoms with E-state index in [0.29, 0.717) is 12.1 Å². The summed E-state index contributed by atoms with van der Waals surface area (Å²) in [6.45, 7) is 7.53. The molecule has 86 valence electrons. The second-order valence-corrected chi connectivity index (χ2v) is 4.34. The molecule has 15 heavy (non-hydrogen) atoms. The third kappa shape index (κ3) is 5.03. The highest BCUT2D eigenvalue weighted by Crippen LogP contribution is 2.14. The first kappa shape index (κ1) is 12.3. The van der Waals surface area contributed by atoms with E-state index in [9.17, 15) is 0 Å². The Kier molecular flexibility index (Phi) is 5.48. The summed E-state index contributed by atoms with van der Waals surface area (Å²) in [6.07, 6.45) is 9.83. The minimum absolute atomic E-state index is 0.291.